The Morgan fingerprint density at radius 2 is 1.84 bits per heavy atom. The van der Waals surface area contributed by atoms with Crippen LogP contribution in [0.15, 0.2) is 27.9 Å². The van der Waals surface area contributed by atoms with Crippen molar-refractivity contribution in [1.82, 2.24) is 9.88 Å². The molecule has 0 unspecified atom stereocenters. The van der Waals surface area contributed by atoms with E-state index in [9.17, 15) is 18.0 Å². The molecule has 2 amide bonds. The zero-order valence-corrected chi connectivity index (χ0v) is 23.8. The first-order valence-corrected chi connectivity index (χ1v) is 14.1. The first kappa shape index (κ1) is 28.9. The van der Waals surface area contributed by atoms with Gasteiger partial charge in [-0.05, 0) is 60.1 Å². The molecule has 1 saturated heterocycles. The first-order valence-electron chi connectivity index (χ1n) is 11.4. The molecule has 3 rings (SSSR count). The second kappa shape index (κ2) is 10.6. The summed E-state index contributed by atoms with van der Waals surface area (Å²) in [6, 6.07) is 1.61. The summed E-state index contributed by atoms with van der Waals surface area (Å²) >= 11 is 7.40. The second-order valence-electron chi connectivity index (χ2n) is 10.4. The first-order chi connectivity index (χ1) is 17.0. The highest BCUT2D eigenvalue weighted by atomic mass is 35.5. The van der Waals surface area contributed by atoms with Crippen molar-refractivity contribution in [2.75, 3.05) is 22.7 Å². The number of nitrogens with zero attached hydrogens (tertiary/aromatic N) is 3. The molecule has 10 nitrogen and oxygen atoms in total. The fourth-order valence-corrected chi connectivity index (χ4v) is 5.67. The van der Waals surface area contributed by atoms with Gasteiger partial charge in [-0.3, -0.25) is 0 Å². The quantitative estimate of drug-likeness (QED) is 0.496. The van der Waals surface area contributed by atoms with E-state index in [1.54, 1.807) is 41.5 Å². The minimum absolute atomic E-state index is 0.0851. The Labute approximate surface area is 224 Å². The maximum atomic E-state index is 15.2. The zero-order chi connectivity index (χ0) is 27.8. The van der Waals surface area contributed by atoms with E-state index < -0.39 is 44.1 Å². The van der Waals surface area contributed by atoms with E-state index in [1.807, 2.05) is 0 Å². The van der Waals surface area contributed by atoms with Crippen LogP contribution in [0.2, 0.25) is 5.02 Å². The van der Waals surface area contributed by atoms with E-state index >= 15 is 4.39 Å². The lowest BCUT2D eigenvalue weighted by atomic mass is 10.2. The monoisotopic (exact) mass is 576 g/mol. The molecule has 1 aromatic carbocycles. The summed E-state index contributed by atoms with van der Waals surface area (Å²) < 4.78 is 53.0. The number of nitrogens with one attached hydrogen (secondary N) is 1. The molecule has 1 aliphatic rings. The van der Waals surface area contributed by atoms with Gasteiger partial charge < -0.3 is 19.7 Å². The predicted molar refractivity (Wildman–Crippen MR) is 139 cm³/mol. The van der Waals surface area contributed by atoms with Gasteiger partial charge in [0.05, 0.1) is 16.2 Å². The molecule has 0 spiro atoms. The number of halogens is 2. The Morgan fingerprint density at radius 1 is 1.19 bits per heavy atom. The van der Waals surface area contributed by atoms with Crippen LogP contribution in [0.25, 0.3) is 0 Å². The molecule has 37 heavy (non-hydrogen) atoms. The number of aromatic nitrogens is 1. The lowest BCUT2D eigenvalue weighted by Crippen LogP contribution is -2.41. The molecule has 2 aromatic rings. The maximum Gasteiger partial charge on any atom is 0.430 e. The summed E-state index contributed by atoms with van der Waals surface area (Å²) in [5, 5.41) is 4.30. The molecule has 204 valence electrons. The van der Waals surface area contributed by atoms with E-state index in [0.29, 0.717) is 23.8 Å². The van der Waals surface area contributed by atoms with Gasteiger partial charge in [0.25, 0.3) is 10.0 Å². The summed E-state index contributed by atoms with van der Waals surface area (Å²) in [6.45, 7) is 10.7. The van der Waals surface area contributed by atoms with Crippen molar-refractivity contribution in [3.8, 4) is 0 Å². The Hall–Kier alpha value is -2.64. The van der Waals surface area contributed by atoms with Crippen LogP contribution in [-0.4, -0.2) is 60.8 Å². The zero-order valence-electron chi connectivity index (χ0n) is 21.4. The summed E-state index contributed by atoms with van der Waals surface area (Å²) in [5.41, 5.74) is -0.172. The van der Waals surface area contributed by atoms with Crippen LogP contribution >= 0.6 is 22.9 Å². The average Bonchev–Trinajstić information content (AvgIpc) is 3.40. The van der Waals surface area contributed by atoms with Crippen LogP contribution in [0.4, 0.5) is 25.5 Å². The minimum atomic E-state index is -4.78. The number of hydrogen-bond donors (Lipinski definition) is 1. The molecule has 0 radical (unpaired) electrons. The van der Waals surface area contributed by atoms with Gasteiger partial charge in [-0.2, -0.15) is 0 Å². The van der Waals surface area contributed by atoms with E-state index in [0.717, 1.165) is 23.5 Å². The molecule has 1 fully saturated rings. The van der Waals surface area contributed by atoms with Crippen molar-refractivity contribution in [1.29, 1.82) is 0 Å². The van der Waals surface area contributed by atoms with E-state index in [4.69, 9.17) is 21.1 Å². The summed E-state index contributed by atoms with van der Waals surface area (Å²) in [5.74, 6) is -1.36. The van der Waals surface area contributed by atoms with Gasteiger partial charge in [0, 0.05) is 24.5 Å². The van der Waals surface area contributed by atoms with E-state index in [1.165, 1.54) is 15.8 Å². The van der Waals surface area contributed by atoms with Gasteiger partial charge in [0.15, 0.2) is 5.82 Å². The van der Waals surface area contributed by atoms with Crippen molar-refractivity contribution < 1.29 is 31.9 Å². The third-order valence-electron chi connectivity index (χ3n) is 4.93. The Balaban J connectivity index is 1.84. The van der Waals surface area contributed by atoms with Gasteiger partial charge in [0.2, 0.25) is 0 Å². The molecular weight excluding hydrogens is 547 g/mol. The van der Waals surface area contributed by atoms with Crippen LogP contribution in [0.5, 0.6) is 0 Å². The number of hydrogen-bond acceptors (Lipinski definition) is 9. The third kappa shape index (κ3) is 7.23. The molecule has 14 heteroatoms. The largest absolute Gasteiger partial charge is 0.444 e. The Bertz CT molecular complexity index is 1260. The SMILES string of the molecule is CC(C)(C)OC(=O)N1CC[C@H](Nc2cc(F)c(S(=O)(=O)N(C(=O)OC(C)(C)C)c3cscn3)cc2Cl)C1. The van der Waals surface area contributed by atoms with Crippen molar-refractivity contribution in [2.24, 2.45) is 0 Å². The minimum Gasteiger partial charge on any atom is -0.444 e. The summed E-state index contributed by atoms with van der Waals surface area (Å²) in [7, 11) is -4.78. The van der Waals surface area contributed by atoms with Crippen LogP contribution < -0.4 is 9.62 Å². The summed E-state index contributed by atoms with van der Waals surface area (Å²) in [4.78, 5) is 29.7. The lowest BCUT2D eigenvalue weighted by Gasteiger charge is -2.26. The van der Waals surface area contributed by atoms with Gasteiger partial charge in [-0.15, -0.1) is 15.6 Å². The number of rotatable bonds is 5. The number of likely N-dealkylation sites (tertiary alicyclic amines) is 1. The van der Waals surface area contributed by atoms with Gasteiger partial charge in [-0.25, -0.2) is 27.4 Å². The van der Waals surface area contributed by atoms with Gasteiger partial charge in [0.1, 0.15) is 21.9 Å². The number of anilines is 2. The topological polar surface area (TPSA) is 118 Å². The molecule has 1 N–H and O–H groups in total. The molecular formula is C23H30ClFN4O6S2. The lowest BCUT2D eigenvalue weighted by molar-refractivity contribution is 0.0293. The fraction of sp³-hybridized carbons (Fsp3) is 0.522. The molecule has 1 atom stereocenters. The second-order valence-corrected chi connectivity index (χ2v) is 13.3. The van der Waals surface area contributed by atoms with Crippen LogP contribution in [0.3, 0.4) is 0 Å². The fourth-order valence-electron chi connectivity index (χ4n) is 3.45. The number of sulfonamides is 1. The van der Waals surface area contributed by atoms with Gasteiger partial charge in [-0.1, -0.05) is 11.6 Å². The highest BCUT2D eigenvalue weighted by molar-refractivity contribution is 7.93. The van der Waals surface area contributed by atoms with Crippen molar-refractivity contribution >= 4 is 56.7 Å². The summed E-state index contributed by atoms with van der Waals surface area (Å²) in [6.07, 6.45) is -1.14. The van der Waals surface area contributed by atoms with Crippen molar-refractivity contribution in [3.05, 3.63) is 33.9 Å². The standard InChI is InChI=1S/C23H30ClFN4O6S2/c1-22(2,3)34-20(30)28-8-7-14(11-28)27-17-10-16(25)18(9-15(17)24)37(32,33)29(19-12-36-13-26-19)21(31)35-23(4,5)6/h9-10,12-14,27H,7-8,11H2,1-6H3/t14-/m0/s1. The highest BCUT2D eigenvalue weighted by Gasteiger charge is 2.38. The number of ether oxygens (including phenoxy) is 2. The molecule has 0 saturated carbocycles. The normalized spacial score (nSPS) is 16.4. The number of thiazole rings is 1. The Kier molecular flexibility index (Phi) is 8.30. The van der Waals surface area contributed by atoms with E-state index in [-0.39, 0.29) is 22.6 Å². The number of benzene rings is 1. The number of amides is 2. The van der Waals surface area contributed by atoms with Crippen LogP contribution in [0, 0.1) is 5.82 Å². The van der Waals surface area contributed by atoms with E-state index in [2.05, 4.69) is 10.3 Å². The third-order valence-corrected chi connectivity index (χ3v) is 7.50. The average molecular weight is 577 g/mol. The molecule has 1 aliphatic heterocycles. The molecule has 0 aliphatic carbocycles. The highest BCUT2D eigenvalue weighted by Crippen LogP contribution is 2.33. The molecule has 0 bridgehead atoms. The van der Waals surface area contributed by atoms with Crippen LogP contribution in [0.1, 0.15) is 48.0 Å². The predicted octanol–water partition coefficient (Wildman–Crippen LogP) is 5.49. The molecule has 2 heterocycles. The van der Waals surface area contributed by atoms with Crippen molar-refractivity contribution in [3.63, 3.8) is 0 Å². The van der Waals surface area contributed by atoms with Crippen molar-refractivity contribution in [2.45, 2.75) is 70.1 Å². The smallest absolute Gasteiger partial charge is 0.430 e. The van der Waals surface area contributed by atoms with Gasteiger partial charge >= 0.3 is 12.2 Å². The Morgan fingerprint density at radius 3 is 2.41 bits per heavy atom. The molecule has 1 aromatic heterocycles. The van der Waals surface area contributed by atoms with Crippen LogP contribution in [-0.2, 0) is 19.5 Å². The maximum absolute atomic E-state index is 15.2. The number of carbonyl (C=O) groups is 2. The number of carbonyl (C=O) groups excluding carboxylic acids is 2.